The Hall–Kier alpha value is -2.04. The van der Waals surface area contributed by atoms with Crippen LogP contribution in [-0.2, 0) is 16.0 Å². The van der Waals surface area contributed by atoms with E-state index in [1.54, 1.807) is 24.3 Å². The number of aromatic hydroxyl groups is 1. The van der Waals surface area contributed by atoms with Crippen molar-refractivity contribution in [3.05, 3.63) is 29.8 Å². The number of carbonyl (C=O) groups is 2. The Labute approximate surface area is 99.8 Å². The molecule has 0 aliphatic heterocycles. The number of hydrogen-bond donors (Lipinski definition) is 3. The molecule has 92 valence electrons. The van der Waals surface area contributed by atoms with E-state index in [0.717, 1.165) is 5.56 Å². The number of carbonyl (C=O) groups excluding carboxylic acids is 2. The van der Waals surface area contributed by atoms with Gasteiger partial charge in [-0.1, -0.05) is 12.1 Å². The van der Waals surface area contributed by atoms with Crippen LogP contribution < -0.4 is 10.6 Å². The minimum absolute atomic E-state index is 0.118. The first kappa shape index (κ1) is 13.0. The maximum Gasteiger partial charge on any atom is 0.224 e. The van der Waals surface area contributed by atoms with E-state index in [1.165, 1.54) is 6.92 Å². The Bertz CT molecular complexity index is 404. The topological polar surface area (TPSA) is 78.4 Å². The Morgan fingerprint density at radius 2 is 1.94 bits per heavy atom. The summed E-state index contributed by atoms with van der Waals surface area (Å²) in [5, 5.41) is 14.5. The van der Waals surface area contributed by atoms with Gasteiger partial charge in [0.15, 0.2) is 0 Å². The SMILES string of the molecule is CC(=O)NCCNC(=O)Cc1cccc(O)c1. The fraction of sp³-hybridized carbons (Fsp3) is 0.333. The van der Waals surface area contributed by atoms with Gasteiger partial charge in [0.25, 0.3) is 0 Å². The third-order valence-corrected chi connectivity index (χ3v) is 2.10. The van der Waals surface area contributed by atoms with E-state index >= 15 is 0 Å². The van der Waals surface area contributed by atoms with E-state index in [2.05, 4.69) is 10.6 Å². The second-order valence-electron chi connectivity index (χ2n) is 3.68. The molecule has 0 saturated carbocycles. The molecular weight excluding hydrogens is 220 g/mol. The van der Waals surface area contributed by atoms with Crippen molar-refractivity contribution in [2.24, 2.45) is 0 Å². The zero-order valence-corrected chi connectivity index (χ0v) is 9.69. The molecule has 1 rings (SSSR count). The molecule has 0 heterocycles. The van der Waals surface area contributed by atoms with Crippen molar-refractivity contribution in [3.63, 3.8) is 0 Å². The van der Waals surface area contributed by atoms with Gasteiger partial charge >= 0.3 is 0 Å². The van der Waals surface area contributed by atoms with Crippen LogP contribution in [0.4, 0.5) is 0 Å². The average Bonchev–Trinajstić information content (AvgIpc) is 2.24. The minimum Gasteiger partial charge on any atom is -0.508 e. The summed E-state index contributed by atoms with van der Waals surface area (Å²) in [5.74, 6) is -0.110. The van der Waals surface area contributed by atoms with Gasteiger partial charge in [0.05, 0.1) is 6.42 Å². The largest absolute Gasteiger partial charge is 0.508 e. The fourth-order valence-electron chi connectivity index (χ4n) is 1.35. The third kappa shape index (κ3) is 5.55. The van der Waals surface area contributed by atoms with Gasteiger partial charge in [-0.25, -0.2) is 0 Å². The lowest BCUT2D eigenvalue weighted by Gasteiger charge is -2.06. The molecule has 1 aromatic carbocycles. The molecule has 3 N–H and O–H groups in total. The van der Waals surface area contributed by atoms with Crippen molar-refractivity contribution < 1.29 is 14.7 Å². The van der Waals surface area contributed by atoms with E-state index in [9.17, 15) is 14.7 Å². The molecule has 0 atom stereocenters. The zero-order chi connectivity index (χ0) is 12.7. The maximum atomic E-state index is 11.5. The predicted molar refractivity (Wildman–Crippen MR) is 63.5 cm³/mol. The second kappa shape index (κ2) is 6.52. The Morgan fingerprint density at radius 1 is 1.24 bits per heavy atom. The molecule has 0 aliphatic carbocycles. The van der Waals surface area contributed by atoms with Crippen LogP contribution in [0, 0.1) is 0 Å². The standard InChI is InChI=1S/C12H16N2O3/c1-9(15)13-5-6-14-12(17)8-10-3-2-4-11(16)7-10/h2-4,7,16H,5-6,8H2,1H3,(H,13,15)(H,14,17). The van der Waals surface area contributed by atoms with Crippen LogP contribution in [0.25, 0.3) is 0 Å². The summed E-state index contributed by atoms with van der Waals surface area (Å²) in [7, 11) is 0. The number of benzene rings is 1. The van der Waals surface area contributed by atoms with Crippen molar-refractivity contribution in [2.45, 2.75) is 13.3 Å². The van der Waals surface area contributed by atoms with Gasteiger partial charge in [0.2, 0.25) is 11.8 Å². The van der Waals surface area contributed by atoms with Crippen molar-refractivity contribution in [1.82, 2.24) is 10.6 Å². The molecule has 0 saturated heterocycles. The molecule has 0 fully saturated rings. The highest BCUT2D eigenvalue weighted by Crippen LogP contribution is 2.10. The summed E-state index contributed by atoms with van der Waals surface area (Å²) in [5.41, 5.74) is 0.752. The van der Waals surface area contributed by atoms with Crippen LogP contribution in [0.1, 0.15) is 12.5 Å². The van der Waals surface area contributed by atoms with Gasteiger partial charge in [-0.05, 0) is 17.7 Å². The number of hydrogen-bond acceptors (Lipinski definition) is 3. The smallest absolute Gasteiger partial charge is 0.224 e. The highest BCUT2D eigenvalue weighted by molar-refractivity contribution is 5.78. The molecule has 0 unspecified atom stereocenters. The molecule has 0 bridgehead atoms. The molecule has 5 heteroatoms. The summed E-state index contributed by atoms with van der Waals surface area (Å²) in [6.07, 6.45) is 0.217. The molecule has 0 radical (unpaired) electrons. The summed E-state index contributed by atoms with van der Waals surface area (Å²) >= 11 is 0. The molecule has 5 nitrogen and oxygen atoms in total. The van der Waals surface area contributed by atoms with Gasteiger partial charge in [-0.2, -0.15) is 0 Å². The highest BCUT2D eigenvalue weighted by atomic mass is 16.3. The lowest BCUT2D eigenvalue weighted by atomic mass is 10.1. The molecule has 0 aliphatic rings. The Kier molecular flexibility index (Phi) is 5.00. The zero-order valence-electron chi connectivity index (χ0n) is 9.69. The molecule has 17 heavy (non-hydrogen) atoms. The van der Waals surface area contributed by atoms with E-state index < -0.39 is 0 Å². The van der Waals surface area contributed by atoms with Gasteiger partial charge < -0.3 is 15.7 Å². The summed E-state index contributed by atoms with van der Waals surface area (Å²) in [4.78, 5) is 22.0. The van der Waals surface area contributed by atoms with Crippen molar-refractivity contribution in [1.29, 1.82) is 0 Å². The average molecular weight is 236 g/mol. The number of phenolic OH excluding ortho intramolecular Hbond substituents is 1. The third-order valence-electron chi connectivity index (χ3n) is 2.10. The number of amides is 2. The summed E-state index contributed by atoms with van der Waals surface area (Å²) in [6.45, 7) is 2.24. The van der Waals surface area contributed by atoms with E-state index in [1.807, 2.05) is 0 Å². The van der Waals surface area contributed by atoms with Crippen molar-refractivity contribution in [2.75, 3.05) is 13.1 Å². The van der Waals surface area contributed by atoms with Crippen LogP contribution in [0.5, 0.6) is 5.75 Å². The monoisotopic (exact) mass is 236 g/mol. The van der Waals surface area contributed by atoms with Gasteiger partial charge in [0.1, 0.15) is 5.75 Å². The second-order valence-corrected chi connectivity index (χ2v) is 3.68. The molecular formula is C12H16N2O3. The van der Waals surface area contributed by atoms with Gasteiger partial charge in [-0.15, -0.1) is 0 Å². The first-order valence-electron chi connectivity index (χ1n) is 5.37. The predicted octanol–water partition coefficient (Wildman–Crippen LogP) is 0.187. The van der Waals surface area contributed by atoms with Crippen molar-refractivity contribution >= 4 is 11.8 Å². The van der Waals surface area contributed by atoms with Crippen LogP contribution in [0.3, 0.4) is 0 Å². The minimum atomic E-state index is -0.138. The molecule has 0 aromatic heterocycles. The van der Waals surface area contributed by atoms with E-state index in [4.69, 9.17) is 0 Å². The summed E-state index contributed by atoms with van der Waals surface area (Å²) in [6, 6.07) is 6.56. The summed E-state index contributed by atoms with van der Waals surface area (Å²) < 4.78 is 0. The fourth-order valence-corrected chi connectivity index (χ4v) is 1.35. The van der Waals surface area contributed by atoms with Crippen LogP contribution in [0.15, 0.2) is 24.3 Å². The van der Waals surface area contributed by atoms with Crippen LogP contribution in [0.2, 0.25) is 0 Å². The first-order chi connectivity index (χ1) is 8.08. The van der Waals surface area contributed by atoms with Crippen molar-refractivity contribution in [3.8, 4) is 5.75 Å². The molecule has 1 aromatic rings. The van der Waals surface area contributed by atoms with Crippen LogP contribution >= 0.6 is 0 Å². The molecule has 2 amide bonds. The lowest BCUT2D eigenvalue weighted by Crippen LogP contribution is -2.34. The Balaban J connectivity index is 2.27. The number of phenols is 1. The number of rotatable bonds is 5. The first-order valence-corrected chi connectivity index (χ1v) is 5.37. The highest BCUT2D eigenvalue weighted by Gasteiger charge is 2.03. The lowest BCUT2D eigenvalue weighted by molar-refractivity contribution is -0.121. The number of nitrogens with one attached hydrogen (secondary N) is 2. The maximum absolute atomic E-state index is 11.5. The Morgan fingerprint density at radius 3 is 2.59 bits per heavy atom. The van der Waals surface area contributed by atoms with E-state index in [-0.39, 0.29) is 24.0 Å². The molecule has 0 spiro atoms. The van der Waals surface area contributed by atoms with Gasteiger partial charge in [0, 0.05) is 20.0 Å². The normalized spacial score (nSPS) is 9.71. The quantitative estimate of drug-likeness (QED) is 0.638. The van der Waals surface area contributed by atoms with E-state index in [0.29, 0.717) is 13.1 Å². The van der Waals surface area contributed by atoms with Crippen LogP contribution in [-0.4, -0.2) is 30.0 Å². The van der Waals surface area contributed by atoms with Gasteiger partial charge in [-0.3, -0.25) is 9.59 Å².